The maximum absolute atomic E-state index is 9.14. The van der Waals surface area contributed by atoms with E-state index in [1.165, 1.54) is 12.0 Å². The van der Waals surface area contributed by atoms with Gasteiger partial charge in [0.1, 0.15) is 0 Å². The van der Waals surface area contributed by atoms with Gasteiger partial charge in [0.25, 0.3) is 0 Å². The van der Waals surface area contributed by atoms with E-state index in [2.05, 4.69) is 6.07 Å². The third kappa shape index (κ3) is 1.62. The molecular formula is C10H13BO2. The van der Waals surface area contributed by atoms with Crippen molar-refractivity contribution in [1.82, 2.24) is 0 Å². The van der Waals surface area contributed by atoms with Crippen LogP contribution in [0.2, 0.25) is 0 Å². The molecule has 3 heteroatoms. The minimum atomic E-state index is -1.31. The van der Waals surface area contributed by atoms with Gasteiger partial charge in [0, 0.05) is 0 Å². The lowest BCUT2D eigenvalue weighted by Gasteiger charge is -2.18. The van der Waals surface area contributed by atoms with Crippen LogP contribution in [-0.4, -0.2) is 17.2 Å². The van der Waals surface area contributed by atoms with Gasteiger partial charge >= 0.3 is 7.12 Å². The van der Waals surface area contributed by atoms with Crippen molar-refractivity contribution in [3.63, 3.8) is 0 Å². The monoisotopic (exact) mass is 176 g/mol. The van der Waals surface area contributed by atoms with Gasteiger partial charge in [-0.2, -0.15) is 0 Å². The number of fused-ring (bicyclic) bond motifs is 1. The first-order valence-electron chi connectivity index (χ1n) is 4.76. The first-order valence-corrected chi connectivity index (χ1v) is 4.76. The highest BCUT2D eigenvalue weighted by atomic mass is 16.4. The minimum absolute atomic E-state index is 0.692. The summed E-state index contributed by atoms with van der Waals surface area (Å²) in [6.45, 7) is 0. The average molecular weight is 176 g/mol. The molecule has 0 amide bonds. The second-order valence-corrected chi connectivity index (χ2v) is 3.57. The summed E-state index contributed by atoms with van der Waals surface area (Å²) < 4.78 is 0. The molecule has 68 valence electrons. The van der Waals surface area contributed by atoms with E-state index in [0.717, 1.165) is 24.8 Å². The van der Waals surface area contributed by atoms with Gasteiger partial charge in [-0.3, -0.25) is 0 Å². The molecule has 0 heterocycles. The second kappa shape index (κ2) is 3.52. The zero-order valence-electron chi connectivity index (χ0n) is 7.53. The Hall–Kier alpha value is -0.795. The van der Waals surface area contributed by atoms with E-state index in [9.17, 15) is 0 Å². The lowest BCUT2D eigenvalue weighted by atomic mass is 9.72. The summed E-state index contributed by atoms with van der Waals surface area (Å²) in [5.74, 6) is 0. The third-order valence-corrected chi connectivity index (χ3v) is 2.71. The summed E-state index contributed by atoms with van der Waals surface area (Å²) in [5, 5.41) is 18.3. The van der Waals surface area contributed by atoms with Crippen LogP contribution >= 0.6 is 0 Å². The molecule has 0 aromatic heterocycles. The Labute approximate surface area is 78.4 Å². The lowest BCUT2D eigenvalue weighted by Crippen LogP contribution is -2.34. The molecule has 2 N–H and O–H groups in total. The molecule has 0 saturated heterocycles. The first-order chi connectivity index (χ1) is 6.29. The molecule has 1 aliphatic rings. The predicted octanol–water partition coefficient (Wildman–Crippen LogP) is 0.245. The molecule has 2 rings (SSSR count). The molecule has 0 atom stereocenters. The zero-order chi connectivity index (χ0) is 9.26. The molecule has 0 saturated carbocycles. The zero-order valence-corrected chi connectivity index (χ0v) is 7.53. The van der Waals surface area contributed by atoms with Crippen molar-refractivity contribution >= 4 is 12.6 Å². The van der Waals surface area contributed by atoms with Crippen molar-refractivity contribution in [2.45, 2.75) is 25.7 Å². The van der Waals surface area contributed by atoms with Gasteiger partial charge in [0.05, 0.1) is 0 Å². The SMILES string of the molecule is OB(O)c1cccc2c1CCCC2. The van der Waals surface area contributed by atoms with Gasteiger partial charge in [-0.15, -0.1) is 0 Å². The summed E-state index contributed by atoms with van der Waals surface area (Å²) in [4.78, 5) is 0. The summed E-state index contributed by atoms with van der Waals surface area (Å²) in [7, 11) is -1.31. The van der Waals surface area contributed by atoms with Gasteiger partial charge < -0.3 is 10.0 Å². The summed E-state index contributed by atoms with van der Waals surface area (Å²) in [6, 6.07) is 5.79. The van der Waals surface area contributed by atoms with Crippen LogP contribution in [0.4, 0.5) is 0 Å². The highest BCUT2D eigenvalue weighted by molar-refractivity contribution is 6.59. The normalized spacial score (nSPS) is 15.2. The van der Waals surface area contributed by atoms with E-state index in [-0.39, 0.29) is 0 Å². The molecule has 0 unspecified atom stereocenters. The van der Waals surface area contributed by atoms with Gasteiger partial charge in [0.15, 0.2) is 0 Å². The standard InChI is InChI=1S/C10H13BO2/c12-11(13)10-7-3-5-8-4-1-2-6-9(8)10/h3,5,7,12-13H,1-2,4,6H2. The Kier molecular flexibility index (Phi) is 2.38. The van der Waals surface area contributed by atoms with Gasteiger partial charge in [0.2, 0.25) is 0 Å². The van der Waals surface area contributed by atoms with E-state index >= 15 is 0 Å². The Morgan fingerprint density at radius 2 is 1.85 bits per heavy atom. The molecule has 1 aromatic carbocycles. The molecule has 2 nitrogen and oxygen atoms in total. The summed E-state index contributed by atoms with van der Waals surface area (Å²) in [6.07, 6.45) is 4.45. The largest absolute Gasteiger partial charge is 0.488 e. The van der Waals surface area contributed by atoms with E-state index in [1.54, 1.807) is 6.07 Å². The van der Waals surface area contributed by atoms with E-state index < -0.39 is 7.12 Å². The van der Waals surface area contributed by atoms with E-state index in [1.807, 2.05) is 6.07 Å². The van der Waals surface area contributed by atoms with Crippen molar-refractivity contribution < 1.29 is 10.0 Å². The van der Waals surface area contributed by atoms with Crippen LogP contribution in [0.25, 0.3) is 0 Å². The van der Waals surface area contributed by atoms with Gasteiger partial charge in [-0.25, -0.2) is 0 Å². The third-order valence-electron chi connectivity index (χ3n) is 2.71. The molecule has 0 fully saturated rings. The smallest absolute Gasteiger partial charge is 0.423 e. The summed E-state index contributed by atoms with van der Waals surface area (Å²) in [5.41, 5.74) is 3.14. The number of hydrogen-bond acceptors (Lipinski definition) is 2. The van der Waals surface area contributed by atoms with Gasteiger partial charge in [-0.05, 0) is 42.3 Å². The fourth-order valence-corrected chi connectivity index (χ4v) is 2.05. The van der Waals surface area contributed by atoms with Crippen LogP contribution in [0.5, 0.6) is 0 Å². The maximum Gasteiger partial charge on any atom is 0.488 e. The van der Waals surface area contributed by atoms with Crippen LogP contribution in [0.1, 0.15) is 24.0 Å². The average Bonchev–Trinajstić information content (AvgIpc) is 2.17. The molecule has 13 heavy (non-hydrogen) atoms. The Balaban J connectivity index is 2.46. The Morgan fingerprint density at radius 1 is 1.08 bits per heavy atom. The van der Waals surface area contributed by atoms with Crippen molar-refractivity contribution in [2.75, 3.05) is 0 Å². The van der Waals surface area contributed by atoms with Crippen LogP contribution < -0.4 is 5.46 Å². The van der Waals surface area contributed by atoms with Crippen LogP contribution in [0.3, 0.4) is 0 Å². The number of rotatable bonds is 1. The van der Waals surface area contributed by atoms with Crippen molar-refractivity contribution in [3.8, 4) is 0 Å². The minimum Gasteiger partial charge on any atom is -0.423 e. The van der Waals surface area contributed by atoms with Crippen molar-refractivity contribution in [1.29, 1.82) is 0 Å². The number of aryl methyl sites for hydroxylation is 1. The summed E-state index contributed by atoms with van der Waals surface area (Å²) >= 11 is 0. The van der Waals surface area contributed by atoms with E-state index in [0.29, 0.717) is 5.46 Å². The first kappa shape index (κ1) is 8.79. The number of benzene rings is 1. The fourth-order valence-electron chi connectivity index (χ4n) is 2.05. The van der Waals surface area contributed by atoms with E-state index in [4.69, 9.17) is 10.0 Å². The van der Waals surface area contributed by atoms with Crippen LogP contribution in [0, 0.1) is 0 Å². The maximum atomic E-state index is 9.14. The predicted molar refractivity (Wildman–Crippen MR) is 52.9 cm³/mol. The molecule has 0 radical (unpaired) electrons. The topological polar surface area (TPSA) is 40.5 Å². The highest BCUT2D eigenvalue weighted by Crippen LogP contribution is 2.19. The molecule has 0 spiro atoms. The Morgan fingerprint density at radius 3 is 2.62 bits per heavy atom. The molecule has 0 bridgehead atoms. The van der Waals surface area contributed by atoms with Gasteiger partial charge in [-0.1, -0.05) is 18.2 Å². The Bertz CT molecular complexity index is 310. The molecule has 1 aromatic rings. The van der Waals surface area contributed by atoms with Crippen molar-refractivity contribution in [3.05, 3.63) is 29.3 Å². The molecule has 0 aliphatic heterocycles. The fraction of sp³-hybridized carbons (Fsp3) is 0.400. The second-order valence-electron chi connectivity index (χ2n) is 3.57. The van der Waals surface area contributed by atoms with Crippen LogP contribution in [0.15, 0.2) is 18.2 Å². The molecular weight excluding hydrogens is 163 g/mol. The highest BCUT2D eigenvalue weighted by Gasteiger charge is 2.19. The van der Waals surface area contributed by atoms with Crippen LogP contribution in [-0.2, 0) is 12.8 Å². The molecule has 1 aliphatic carbocycles. The lowest BCUT2D eigenvalue weighted by molar-refractivity contribution is 0.425. The number of hydrogen-bond donors (Lipinski definition) is 2. The quantitative estimate of drug-likeness (QED) is 0.602. The van der Waals surface area contributed by atoms with Crippen molar-refractivity contribution in [2.24, 2.45) is 0 Å².